The van der Waals surface area contributed by atoms with Crippen LogP contribution in [0.2, 0.25) is 0 Å². The number of benzene rings is 1. The van der Waals surface area contributed by atoms with Gasteiger partial charge in [0.05, 0.1) is 11.0 Å². The molecule has 3 rings (SSSR count). The molecule has 1 aliphatic rings. The van der Waals surface area contributed by atoms with Crippen molar-refractivity contribution in [2.24, 2.45) is 5.92 Å². The first-order valence-corrected chi connectivity index (χ1v) is 6.67. The SMILES string of the molecule is Cc1nc2ccc(C(=O)NCC3CCNC3)cc2[nH]1. The number of rotatable bonds is 3. The summed E-state index contributed by atoms with van der Waals surface area (Å²) in [7, 11) is 0. The standard InChI is InChI=1S/C14H18N4O/c1-9-17-12-3-2-11(6-13(12)18-9)14(19)16-8-10-4-5-15-7-10/h2-3,6,10,15H,4-5,7-8H2,1H3,(H,16,19)(H,17,18). The van der Waals surface area contributed by atoms with E-state index in [1.165, 1.54) is 0 Å². The van der Waals surface area contributed by atoms with Crippen molar-refractivity contribution in [3.05, 3.63) is 29.6 Å². The lowest BCUT2D eigenvalue weighted by atomic mass is 10.1. The lowest BCUT2D eigenvalue weighted by Gasteiger charge is -2.09. The second kappa shape index (κ2) is 5.01. The maximum atomic E-state index is 12.1. The summed E-state index contributed by atoms with van der Waals surface area (Å²) in [6.07, 6.45) is 1.14. The molecule has 2 aromatic rings. The van der Waals surface area contributed by atoms with Gasteiger partial charge in [0, 0.05) is 12.1 Å². The predicted octanol–water partition coefficient (Wildman–Crippen LogP) is 1.21. The molecule has 0 radical (unpaired) electrons. The van der Waals surface area contributed by atoms with Gasteiger partial charge in [0.1, 0.15) is 5.82 Å². The Morgan fingerprint density at radius 1 is 1.53 bits per heavy atom. The highest BCUT2D eigenvalue weighted by molar-refractivity contribution is 5.97. The van der Waals surface area contributed by atoms with Gasteiger partial charge in [-0.3, -0.25) is 4.79 Å². The number of carbonyl (C=O) groups is 1. The van der Waals surface area contributed by atoms with Crippen LogP contribution in [0, 0.1) is 12.8 Å². The van der Waals surface area contributed by atoms with Crippen LogP contribution in [0.4, 0.5) is 0 Å². The van der Waals surface area contributed by atoms with Gasteiger partial charge in [-0.15, -0.1) is 0 Å². The molecule has 1 aliphatic heterocycles. The van der Waals surface area contributed by atoms with E-state index in [4.69, 9.17) is 0 Å². The first-order chi connectivity index (χ1) is 9.22. The van der Waals surface area contributed by atoms with Gasteiger partial charge in [0.2, 0.25) is 0 Å². The van der Waals surface area contributed by atoms with Gasteiger partial charge in [-0.1, -0.05) is 0 Å². The molecular formula is C14H18N4O. The topological polar surface area (TPSA) is 69.8 Å². The molecule has 0 spiro atoms. The Bertz CT molecular complexity index is 599. The quantitative estimate of drug-likeness (QED) is 0.775. The van der Waals surface area contributed by atoms with Crippen molar-refractivity contribution in [1.29, 1.82) is 0 Å². The highest BCUT2D eigenvalue weighted by atomic mass is 16.1. The molecule has 0 bridgehead atoms. The van der Waals surface area contributed by atoms with E-state index in [0.29, 0.717) is 11.5 Å². The van der Waals surface area contributed by atoms with Crippen LogP contribution in [-0.2, 0) is 0 Å². The summed E-state index contributed by atoms with van der Waals surface area (Å²) in [5, 5.41) is 6.30. The molecule has 5 nitrogen and oxygen atoms in total. The Balaban J connectivity index is 1.69. The number of aryl methyl sites for hydroxylation is 1. The van der Waals surface area contributed by atoms with Gasteiger partial charge in [-0.05, 0) is 50.6 Å². The lowest BCUT2D eigenvalue weighted by Crippen LogP contribution is -2.30. The Labute approximate surface area is 111 Å². The van der Waals surface area contributed by atoms with E-state index in [0.717, 1.165) is 42.9 Å². The minimum absolute atomic E-state index is 0.0129. The van der Waals surface area contributed by atoms with Crippen LogP contribution in [0.1, 0.15) is 22.6 Å². The third-order valence-electron chi connectivity index (χ3n) is 3.58. The molecule has 1 saturated heterocycles. The van der Waals surface area contributed by atoms with Crippen molar-refractivity contribution in [2.45, 2.75) is 13.3 Å². The van der Waals surface area contributed by atoms with Crippen LogP contribution in [-0.4, -0.2) is 35.5 Å². The number of H-pyrrole nitrogens is 1. The van der Waals surface area contributed by atoms with E-state index in [1.807, 2.05) is 25.1 Å². The van der Waals surface area contributed by atoms with Crippen LogP contribution < -0.4 is 10.6 Å². The van der Waals surface area contributed by atoms with Gasteiger partial charge in [0.25, 0.3) is 5.91 Å². The molecule has 19 heavy (non-hydrogen) atoms. The number of hydrogen-bond acceptors (Lipinski definition) is 3. The van der Waals surface area contributed by atoms with Crippen LogP contribution in [0.25, 0.3) is 11.0 Å². The average molecular weight is 258 g/mol. The zero-order chi connectivity index (χ0) is 13.2. The van der Waals surface area contributed by atoms with Crippen molar-refractivity contribution in [3.8, 4) is 0 Å². The fraction of sp³-hybridized carbons (Fsp3) is 0.429. The molecule has 1 aromatic carbocycles. The molecule has 100 valence electrons. The van der Waals surface area contributed by atoms with Gasteiger partial charge >= 0.3 is 0 Å². The number of aromatic amines is 1. The molecule has 3 N–H and O–H groups in total. The summed E-state index contributed by atoms with van der Waals surface area (Å²) in [4.78, 5) is 19.6. The zero-order valence-electron chi connectivity index (χ0n) is 11.0. The molecule has 1 aromatic heterocycles. The van der Waals surface area contributed by atoms with Crippen molar-refractivity contribution < 1.29 is 4.79 Å². The summed E-state index contributed by atoms with van der Waals surface area (Å²) in [6.45, 7) is 4.71. The number of amides is 1. The van der Waals surface area contributed by atoms with Crippen LogP contribution in [0.5, 0.6) is 0 Å². The highest BCUT2D eigenvalue weighted by Gasteiger charge is 2.16. The van der Waals surface area contributed by atoms with Crippen LogP contribution in [0.3, 0.4) is 0 Å². The van der Waals surface area contributed by atoms with Gasteiger partial charge in [-0.2, -0.15) is 0 Å². The third kappa shape index (κ3) is 2.61. The average Bonchev–Trinajstić information content (AvgIpc) is 3.02. The summed E-state index contributed by atoms with van der Waals surface area (Å²) < 4.78 is 0. The first-order valence-electron chi connectivity index (χ1n) is 6.67. The minimum Gasteiger partial charge on any atom is -0.352 e. The normalized spacial score (nSPS) is 18.9. The van der Waals surface area contributed by atoms with E-state index >= 15 is 0 Å². The van der Waals surface area contributed by atoms with Crippen molar-refractivity contribution >= 4 is 16.9 Å². The first kappa shape index (κ1) is 12.2. The molecular weight excluding hydrogens is 240 g/mol. The number of nitrogens with zero attached hydrogens (tertiary/aromatic N) is 1. The maximum absolute atomic E-state index is 12.1. The molecule has 1 amide bonds. The summed E-state index contributed by atoms with van der Waals surface area (Å²) in [5.41, 5.74) is 2.49. The second-order valence-corrected chi connectivity index (χ2v) is 5.12. The Hall–Kier alpha value is -1.88. The van der Waals surface area contributed by atoms with Gasteiger partial charge in [-0.25, -0.2) is 4.98 Å². The third-order valence-corrected chi connectivity index (χ3v) is 3.58. The van der Waals surface area contributed by atoms with Crippen LogP contribution >= 0.6 is 0 Å². The van der Waals surface area contributed by atoms with E-state index in [9.17, 15) is 4.79 Å². The summed E-state index contributed by atoms with van der Waals surface area (Å²) in [5.74, 6) is 1.41. The Morgan fingerprint density at radius 3 is 3.21 bits per heavy atom. The summed E-state index contributed by atoms with van der Waals surface area (Å²) >= 11 is 0. The van der Waals surface area contributed by atoms with Gasteiger partial charge in [0.15, 0.2) is 0 Å². The number of hydrogen-bond donors (Lipinski definition) is 3. The number of fused-ring (bicyclic) bond motifs is 1. The highest BCUT2D eigenvalue weighted by Crippen LogP contribution is 2.14. The lowest BCUT2D eigenvalue weighted by molar-refractivity contribution is 0.0948. The molecule has 2 heterocycles. The predicted molar refractivity (Wildman–Crippen MR) is 74.1 cm³/mol. The monoisotopic (exact) mass is 258 g/mol. The smallest absolute Gasteiger partial charge is 0.251 e. The fourth-order valence-corrected chi connectivity index (χ4v) is 2.51. The van der Waals surface area contributed by atoms with Crippen molar-refractivity contribution in [1.82, 2.24) is 20.6 Å². The fourth-order valence-electron chi connectivity index (χ4n) is 2.51. The molecule has 1 unspecified atom stereocenters. The van der Waals surface area contributed by atoms with E-state index in [1.54, 1.807) is 0 Å². The number of carbonyl (C=O) groups excluding carboxylic acids is 1. The number of aromatic nitrogens is 2. The number of nitrogens with one attached hydrogen (secondary N) is 3. The minimum atomic E-state index is -0.0129. The Kier molecular flexibility index (Phi) is 3.21. The summed E-state index contributed by atoms with van der Waals surface area (Å²) in [6, 6.07) is 5.56. The maximum Gasteiger partial charge on any atom is 0.251 e. The van der Waals surface area contributed by atoms with Gasteiger partial charge < -0.3 is 15.6 Å². The Morgan fingerprint density at radius 2 is 2.42 bits per heavy atom. The van der Waals surface area contributed by atoms with E-state index in [2.05, 4.69) is 20.6 Å². The van der Waals surface area contributed by atoms with E-state index in [-0.39, 0.29) is 5.91 Å². The molecule has 1 atom stereocenters. The largest absolute Gasteiger partial charge is 0.352 e. The molecule has 0 saturated carbocycles. The van der Waals surface area contributed by atoms with Crippen LogP contribution in [0.15, 0.2) is 18.2 Å². The molecule has 0 aliphatic carbocycles. The molecule has 5 heteroatoms. The second-order valence-electron chi connectivity index (χ2n) is 5.12. The van der Waals surface area contributed by atoms with Crippen molar-refractivity contribution in [2.75, 3.05) is 19.6 Å². The molecule has 1 fully saturated rings. The van der Waals surface area contributed by atoms with Crippen molar-refractivity contribution in [3.63, 3.8) is 0 Å². The zero-order valence-corrected chi connectivity index (χ0v) is 11.0. The number of imidazole rings is 1. The van der Waals surface area contributed by atoms with E-state index < -0.39 is 0 Å².